The number of para-hydroxylation sites is 1. The molecular weight excluding hydrogens is 392 g/mol. The van der Waals surface area contributed by atoms with Crippen LogP contribution in [0.2, 0.25) is 5.02 Å². The summed E-state index contributed by atoms with van der Waals surface area (Å²) in [6, 6.07) is 11.2. The molecule has 0 spiro atoms. The summed E-state index contributed by atoms with van der Waals surface area (Å²) in [5.74, 6) is 0.798. The monoisotopic (exact) mass is 418 g/mol. The van der Waals surface area contributed by atoms with Crippen molar-refractivity contribution in [1.29, 1.82) is 0 Å². The van der Waals surface area contributed by atoms with Crippen LogP contribution < -0.4 is 20.1 Å². The molecule has 2 N–H and O–H groups in total. The molecule has 0 aliphatic heterocycles. The second kappa shape index (κ2) is 11.3. The van der Waals surface area contributed by atoms with E-state index in [1.165, 1.54) is 0 Å². The van der Waals surface area contributed by atoms with Crippen LogP contribution in [0.1, 0.15) is 23.6 Å². The van der Waals surface area contributed by atoms with Crippen molar-refractivity contribution in [1.82, 2.24) is 10.6 Å². The number of carbonyl (C=O) groups is 2. The van der Waals surface area contributed by atoms with E-state index in [9.17, 15) is 9.59 Å². The minimum absolute atomic E-state index is 0.0661. The highest BCUT2D eigenvalue weighted by Crippen LogP contribution is 2.25. The normalized spacial score (nSPS) is 10.3. The van der Waals surface area contributed by atoms with Gasteiger partial charge in [0, 0.05) is 18.1 Å². The van der Waals surface area contributed by atoms with E-state index in [0.717, 1.165) is 23.1 Å². The third-order valence-electron chi connectivity index (χ3n) is 4.26. The Kier molecular flexibility index (Phi) is 8.80. The summed E-state index contributed by atoms with van der Waals surface area (Å²) < 4.78 is 11.0. The molecule has 2 amide bonds. The number of aryl methyl sites for hydroxylation is 3. The van der Waals surface area contributed by atoms with E-state index >= 15 is 0 Å². The van der Waals surface area contributed by atoms with Gasteiger partial charge in [0.05, 0.1) is 0 Å². The Morgan fingerprint density at radius 3 is 2.07 bits per heavy atom. The predicted molar refractivity (Wildman–Crippen MR) is 114 cm³/mol. The van der Waals surface area contributed by atoms with Crippen LogP contribution >= 0.6 is 11.6 Å². The molecular formula is C22H27ClN2O4. The van der Waals surface area contributed by atoms with E-state index in [1.807, 2.05) is 45.0 Å². The molecule has 6 nitrogen and oxygen atoms in total. The van der Waals surface area contributed by atoms with Crippen LogP contribution in [-0.2, 0) is 16.0 Å². The van der Waals surface area contributed by atoms with Crippen molar-refractivity contribution in [2.75, 3.05) is 26.3 Å². The zero-order valence-electron chi connectivity index (χ0n) is 17.0. The van der Waals surface area contributed by atoms with E-state index in [-0.39, 0.29) is 25.0 Å². The molecule has 0 radical (unpaired) electrons. The van der Waals surface area contributed by atoms with Crippen molar-refractivity contribution < 1.29 is 19.1 Å². The molecule has 0 atom stereocenters. The summed E-state index contributed by atoms with van der Waals surface area (Å²) in [6.45, 7) is 6.24. The fraction of sp³-hybridized carbons (Fsp3) is 0.364. The fourth-order valence-electron chi connectivity index (χ4n) is 2.72. The molecule has 7 heteroatoms. The SMILES string of the molecule is CCc1ccccc1OCC(=O)NCCNC(=O)COc1cc(C)c(Cl)c(C)c1. The highest BCUT2D eigenvalue weighted by molar-refractivity contribution is 6.32. The van der Waals surface area contributed by atoms with E-state index < -0.39 is 0 Å². The van der Waals surface area contributed by atoms with Crippen molar-refractivity contribution in [2.45, 2.75) is 27.2 Å². The highest BCUT2D eigenvalue weighted by atomic mass is 35.5. The number of benzene rings is 2. The number of carbonyl (C=O) groups excluding carboxylic acids is 2. The minimum atomic E-state index is -0.266. The van der Waals surface area contributed by atoms with Gasteiger partial charge in [0.1, 0.15) is 11.5 Å². The topological polar surface area (TPSA) is 76.7 Å². The summed E-state index contributed by atoms with van der Waals surface area (Å²) in [7, 11) is 0. The molecule has 29 heavy (non-hydrogen) atoms. The average Bonchev–Trinajstić information content (AvgIpc) is 2.72. The number of hydrogen-bond donors (Lipinski definition) is 2. The summed E-state index contributed by atoms with van der Waals surface area (Å²) in [6.07, 6.45) is 0.834. The van der Waals surface area contributed by atoms with E-state index in [1.54, 1.807) is 12.1 Å². The molecule has 156 valence electrons. The summed E-state index contributed by atoms with van der Waals surface area (Å²) >= 11 is 6.12. The van der Waals surface area contributed by atoms with Gasteiger partial charge in [-0.25, -0.2) is 0 Å². The summed E-state index contributed by atoms with van der Waals surface area (Å²) in [4.78, 5) is 23.8. The zero-order valence-corrected chi connectivity index (χ0v) is 17.8. The van der Waals surface area contributed by atoms with Gasteiger partial charge in [-0.15, -0.1) is 0 Å². The predicted octanol–water partition coefficient (Wildman–Crippen LogP) is 3.21. The smallest absolute Gasteiger partial charge is 0.258 e. The molecule has 0 bridgehead atoms. The zero-order chi connectivity index (χ0) is 21.2. The molecule has 0 saturated carbocycles. The maximum atomic E-state index is 11.9. The second-order valence-electron chi connectivity index (χ2n) is 6.61. The molecule has 0 heterocycles. The Morgan fingerprint density at radius 1 is 0.931 bits per heavy atom. The van der Waals surface area contributed by atoms with Gasteiger partial charge in [-0.3, -0.25) is 9.59 Å². The van der Waals surface area contributed by atoms with Gasteiger partial charge < -0.3 is 20.1 Å². The number of nitrogens with one attached hydrogen (secondary N) is 2. The Hall–Kier alpha value is -2.73. The Labute approximate surface area is 176 Å². The van der Waals surface area contributed by atoms with Crippen molar-refractivity contribution in [3.8, 4) is 11.5 Å². The summed E-state index contributed by atoms with van der Waals surface area (Å²) in [5.41, 5.74) is 2.85. The lowest BCUT2D eigenvalue weighted by molar-refractivity contribution is -0.124. The second-order valence-corrected chi connectivity index (χ2v) is 6.99. The van der Waals surface area contributed by atoms with Crippen LogP contribution in [0.25, 0.3) is 0 Å². The number of ether oxygens (including phenoxy) is 2. The lowest BCUT2D eigenvalue weighted by Gasteiger charge is -2.12. The fourth-order valence-corrected chi connectivity index (χ4v) is 2.83. The maximum absolute atomic E-state index is 11.9. The van der Waals surface area contributed by atoms with Crippen LogP contribution in [0, 0.1) is 13.8 Å². The molecule has 0 aliphatic carbocycles. The lowest BCUT2D eigenvalue weighted by Crippen LogP contribution is -2.38. The number of halogens is 1. The highest BCUT2D eigenvalue weighted by Gasteiger charge is 2.08. The van der Waals surface area contributed by atoms with Crippen molar-refractivity contribution in [2.24, 2.45) is 0 Å². The van der Waals surface area contributed by atoms with Crippen molar-refractivity contribution >= 4 is 23.4 Å². The molecule has 2 aromatic rings. The van der Waals surface area contributed by atoms with Crippen molar-refractivity contribution in [3.63, 3.8) is 0 Å². The molecule has 2 aromatic carbocycles. The van der Waals surface area contributed by atoms with E-state index in [2.05, 4.69) is 10.6 Å². The van der Waals surface area contributed by atoms with Gasteiger partial charge in [0.15, 0.2) is 13.2 Å². The van der Waals surface area contributed by atoms with Crippen LogP contribution in [0.3, 0.4) is 0 Å². The first-order chi connectivity index (χ1) is 13.9. The van der Waals surface area contributed by atoms with Gasteiger partial charge in [0.2, 0.25) is 0 Å². The van der Waals surface area contributed by atoms with Crippen LogP contribution in [0.15, 0.2) is 36.4 Å². The summed E-state index contributed by atoms with van der Waals surface area (Å²) in [5, 5.41) is 6.10. The first-order valence-electron chi connectivity index (χ1n) is 9.54. The standard InChI is InChI=1S/C22H27ClN2O4/c1-4-17-7-5-6-8-19(17)29-14-21(27)25-10-9-24-20(26)13-28-18-11-15(2)22(23)16(3)12-18/h5-8,11-12H,4,9-10,13-14H2,1-3H3,(H,24,26)(H,25,27). The van der Waals surface area contributed by atoms with Gasteiger partial charge in [0.25, 0.3) is 11.8 Å². The van der Waals surface area contributed by atoms with Crippen LogP contribution in [0.5, 0.6) is 11.5 Å². The molecule has 0 saturated heterocycles. The number of hydrogen-bond acceptors (Lipinski definition) is 4. The average molecular weight is 419 g/mol. The maximum Gasteiger partial charge on any atom is 0.258 e. The van der Waals surface area contributed by atoms with Crippen LogP contribution in [-0.4, -0.2) is 38.1 Å². The third kappa shape index (κ3) is 7.31. The quantitative estimate of drug-likeness (QED) is 0.581. The first-order valence-corrected chi connectivity index (χ1v) is 9.92. The third-order valence-corrected chi connectivity index (χ3v) is 4.86. The van der Waals surface area contributed by atoms with Gasteiger partial charge in [-0.05, 0) is 55.2 Å². The van der Waals surface area contributed by atoms with Gasteiger partial charge in [-0.1, -0.05) is 36.7 Å². The largest absolute Gasteiger partial charge is 0.484 e. The minimum Gasteiger partial charge on any atom is -0.484 e. The van der Waals surface area contributed by atoms with Gasteiger partial charge >= 0.3 is 0 Å². The van der Waals surface area contributed by atoms with Gasteiger partial charge in [-0.2, -0.15) is 0 Å². The molecule has 2 rings (SSSR count). The molecule has 0 fully saturated rings. The molecule has 0 aliphatic rings. The first kappa shape index (κ1) is 22.6. The van der Waals surface area contributed by atoms with Crippen molar-refractivity contribution in [3.05, 3.63) is 58.1 Å². The molecule has 0 aromatic heterocycles. The number of rotatable bonds is 10. The Morgan fingerprint density at radius 2 is 1.48 bits per heavy atom. The Balaban J connectivity index is 1.63. The van der Waals surface area contributed by atoms with E-state index in [4.69, 9.17) is 21.1 Å². The van der Waals surface area contributed by atoms with E-state index in [0.29, 0.717) is 29.6 Å². The Bertz CT molecular complexity index is 831. The number of amides is 2. The molecule has 0 unspecified atom stereocenters. The lowest BCUT2D eigenvalue weighted by atomic mass is 10.1. The van der Waals surface area contributed by atoms with Crippen LogP contribution in [0.4, 0.5) is 0 Å².